The third kappa shape index (κ3) is 1.63. The number of hydrogen-bond acceptors (Lipinski definition) is 1. The monoisotopic (exact) mass is 206 g/mol. The van der Waals surface area contributed by atoms with Gasteiger partial charge in [-0.2, -0.15) is 0 Å². The first kappa shape index (κ1) is 10.2. The molecule has 0 aliphatic carbocycles. The van der Waals surface area contributed by atoms with Gasteiger partial charge in [0, 0.05) is 17.6 Å². The summed E-state index contributed by atoms with van der Waals surface area (Å²) in [6, 6.07) is 5.21. The quantitative estimate of drug-likeness (QED) is 0.793. The van der Waals surface area contributed by atoms with Gasteiger partial charge in [0.25, 0.3) is 0 Å². The summed E-state index contributed by atoms with van der Waals surface area (Å²) in [6.07, 6.45) is 0.917. The number of hydrogen-bond donors (Lipinski definition) is 2. The van der Waals surface area contributed by atoms with Crippen molar-refractivity contribution in [3.8, 4) is 0 Å². The van der Waals surface area contributed by atoms with E-state index in [1.54, 1.807) is 6.07 Å². The number of H-pyrrole nitrogens is 1. The third-order valence-corrected chi connectivity index (χ3v) is 2.69. The Labute approximate surface area is 88.5 Å². The summed E-state index contributed by atoms with van der Waals surface area (Å²) >= 11 is 0. The number of fused-ring (bicyclic) bond motifs is 1. The fourth-order valence-electron chi connectivity index (χ4n) is 2.02. The molecule has 3 heteroatoms. The molecule has 0 saturated heterocycles. The van der Waals surface area contributed by atoms with E-state index < -0.39 is 0 Å². The Hall–Kier alpha value is -1.35. The highest BCUT2D eigenvalue weighted by molar-refractivity contribution is 5.85. The molecule has 2 aromatic rings. The predicted octanol–water partition coefficient (Wildman–Crippen LogP) is 2.59. The SMILES string of the molecule is CCc1c(CNC)[nH]c2c(F)cccc12. The summed E-state index contributed by atoms with van der Waals surface area (Å²) in [7, 11) is 1.89. The lowest BCUT2D eigenvalue weighted by molar-refractivity contribution is 0.636. The van der Waals surface area contributed by atoms with Crippen LogP contribution in [0.15, 0.2) is 18.2 Å². The number of aromatic amines is 1. The van der Waals surface area contributed by atoms with E-state index in [9.17, 15) is 4.39 Å². The van der Waals surface area contributed by atoms with Crippen LogP contribution in [0.3, 0.4) is 0 Å². The van der Waals surface area contributed by atoms with Crippen molar-refractivity contribution in [2.24, 2.45) is 0 Å². The molecule has 2 N–H and O–H groups in total. The van der Waals surface area contributed by atoms with Crippen LogP contribution in [0, 0.1) is 5.82 Å². The van der Waals surface area contributed by atoms with Gasteiger partial charge in [0.05, 0.1) is 5.52 Å². The molecule has 0 spiro atoms. The van der Waals surface area contributed by atoms with Crippen LogP contribution in [0.4, 0.5) is 4.39 Å². The molecule has 0 radical (unpaired) electrons. The van der Waals surface area contributed by atoms with Gasteiger partial charge in [0.2, 0.25) is 0 Å². The minimum Gasteiger partial charge on any atom is -0.355 e. The zero-order valence-corrected chi connectivity index (χ0v) is 9.02. The van der Waals surface area contributed by atoms with Crippen LogP contribution in [-0.2, 0) is 13.0 Å². The van der Waals surface area contributed by atoms with Gasteiger partial charge >= 0.3 is 0 Å². The summed E-state index contributed by atoms with van der Waals surface area (Å²) in [5.74, 6) is -0.176. The second-order valence-corrected chi connectivity index (χ2v) is 3.63. The van der Waals surface area contributed by atoms with Crippen LogP contribution in [0.5, 0.6) is 0 Å². The van der Waals surface area contributed by atoms with Gasteiger partial charge < -0.3 is 10.3 Å². The topological polar surface area (TPSA) is 27.8 Å². The first-order valence-electron chi connectivity index (χ1n) is 5.20. The van der Waals surface area contributed by atoms with Gasteiger partial charge in [0.15, 0.2) is 0 Å². The van der Waals surface area contributed by atoms with Gasteiger partial charge in [-0.25, -0.2) is 4.39 Å². The molecule has 0 atom stereocenters. The highest BCUT2D eigenvalue weighted by Gasteiger charge is 2.11. The van der Waals surface area contributed by atoms with Gasteiger partial charge in [-0.15, -0.1) is 0 Å². The fraction of sp³-hybridized carbons (Fsp3) is 0.333. The van der Waals surface area contributed by atoms with Crippen LogP contribution in [-0.4, -0.2) is 12.0 Å². The van der Waals surface area contributed by atoms with Crippen LogP contribution >= 0.6 is 0 Å². The summed E-state index contributed by atoms with van der Waals surface area (Å²) in [6.45, 7) is 2.84. The molecule has 1 aromatic carbocycles. The van der Waals surface area contributed by atoms with E-state index in [2.05, 4.69) is 17.2 Å². The van der Waals surface area contributed by atoms with E-state index in [-0.39, 0.29) is 5.82 Å². The van der Waals surface area contributed by atoms with E-state index in [4.69, 9.17) is 0 Å². The molecule has 0 unspecified atom stereocenters. The van der Waals surface area contributed by atoms with Crippen molar-refractivity contribution in [2.45, 2.75) is 19.9 Å². The number of aryl methyl sites for hydroxylation is 1. The molecule has 0 fully saturated rings. The largest absolute Gasteiger partial charge is 0.355 e. The molecule has 0 amide bonds. The van der Waals surface area contributed by atoms with E-state index in [0.717, 1.165) is 24.0 Å². The molecule has 2 rings (SSSR count). The molecule has 15 heavy (non-hydrogen) atoms. The number of nitrogens with one attached hydrogen (secondary N) is 2. The molecule has 1 aromatic heterocycles. The minimum absolute atomic E-state index is 0.176. The maximum absolute atomic E-state index is 13.5. The smallest absolute Gasteiger partial charge is 0.147 e. The van der Waals surface area contributed by atoms with Crippen molar-refractivity contribution in [2.75, 3.05) is 7.05 Å². The van der Waals surface area contributed by atoms with Crippen LogP contribution < -0.4 is 5.32 Å². The fourth-order valence-corrected chi connectivity index (χ4v) is 2.02. The lowest BCUT2D eigenvalue weighted by Gasteiger charge is -2.00. The zero-order valence-electron chi connectivity index (χ0n) is 9.02. The number of benzene rings is 1. The van der Waals surface area contributed by atoms with Crippen LogP contribution in [0.1, 0.15) is 18.2 Å². The van der Waals surface area contributed by atoms with Crippen molar-refractivity contribution in [1.82, 2.24) is 10.3 Å². The van der Waals surface area contributed by atoms with Crippen molar-refractivity contribution in [3.63, 3.8) is 0 Å². The molecule has 0 aliphatic heterocycles. The molecule has 0 saturated carbocycles. The Morgan fingerprint density at radius 1 is 1.40 bits per heavy atom. The van der Waals surface area contributed by atoms with Crippen molar-refractivity contribution in [3.05, 3.63) is 35.3 Å². The summed E-state index contributed by atoms with van der Waals surface area (Å²) in [5, 5.41) is 4.09. The molecule has 2 nitrogen and oxygen atoms in total. The van der Waals surface area contributed by atoms with Crippen molar-refractivity contribution < 1.29 is 4.39 Å². The van der Waals surface area contributed by atoms with E-state index in [0.29, 0.717) is 5.52 Å². The summed E-state index contributed by atoms with van der Waals surface area (Å²) < 4.78 is 13.5. The molecule has 80 valence electrons. The Morgan fingerprint density at radius 2 is 2.20 bits per heavy atom. The molecule has 0 bridgehead atoms. The summed E-state index contributed by atoms with van der Waals surface area (Å²) in [5.41, 5.74) is 2.92. The predicted molar refractivity (Wildman–Crippen MR) is 60.4 cm³/mol. The number of rotatable bonds is 3. The normalized spacial score (nSPS) is 11.1. The lowest BCUT2D eigenvalue weighted by atomic mass is 10.1. The van der Waals surface area contributed by atoms with Crippen LogP contribution in [0.25, 0.3) is 10.9 Å². The van der Waals surface area contributed by atoms with Gasteiger partial charge in [0.1, 0.15) is 5.82 Å². The highest BCUT2D eigenvalue weighted by Crippen LogP contribution is 2.24. The van der Waals surface area contributed by atoms with E-state index >= 15 is 0 Å². The Balaban J connectivity index is 2.67. The van der Waals surface area contributed by atoms with Crippen molar-refractivity contribution >= 4 is 10.9 Å². The molecule has 1 heterocycles. The van der Waals surface area contributed by atoms with E-state index in [1.807, 2.05) is 13.1 Å². The van der Waals surface area contributed by atoms with Crippen LogP contribution in [0.2, 0.25) is 0 Å². The molecule has 0 aliphatic rings. The second-order valence-electron chi connectivity index (χ2n) is 3.63. The van der Waals surface area contributed by atoms with Gasteiger partial charge in [-0.1, -0.05) is 19.1 Å². The van der Waals surface area contributed by atoms with Gasteiger partial charge in [-0.05, 0) is 25.1 Å². The number of halogens is 1. The molecular weight excluding hydrogens is 191 g/mol. The third-order valence-electron chi connectivity index (χ3n) is 2.69. The first-order chi connectivity index (χ1) is 7.27. The summed E-state index contributed by atoms with van der Waals surface area (Å²) in [4.78, 5) is 3.15. The van der Waals surface area contributed by atoms with Gasteiger partial charge in [-0.3, -0.25) is 0 Å². The molecular formula is C12H15FN2. The first-order valence-corrected chi connectivity index (χ1v) is 5.20. The number of para-hydroxylation sites is 1. The maximum atomic E-state index is 13.5. The highest BCUT2D eigenvalue weighted by atomic mass is 19.1. The van der Waals surface area contributed by atoms with E-state index in [1.165, 1.54) is 11.6 Å². The second kappa shape index (κ2) is 4.03. The zero-order chi connectivity index (χ0) is 10.8. The number of aromatic nitrogens is 1. The van der Waals surface area contributed by atoms with Crippen molar-refractivity contribution in [1.29, 1.82) is 0 Å². The standard InChI is InChI=1S/C12H15FN2/c1-3-8-9-5-4-6-10(13)12(9)15-11(8)7-14-2/h4-6,14-15H,3,7H2,1-2H3. The average molecular weight is 206 g/mol. The Bertz CT molecular complexity index is 474. The Morgan fingerprint density at radius 3 is 2.87 bits per heavy atom. The maximum Gasteiger partial charge on any atom is 0.147 e. The minimum atomic E-state index is -0.176. The lowest BCUT2D eigenvalue weighted by Crippen LogP contribution is -2.07. The Kier molecular flexibility index (Phi) is 2.73. The average Bonchev–Trinajstić information content (AvgIpc) is 2.58.